The molecule has 0 N–H and O–H groups in total. The predicted octanol–water partition coefficient (Wildman–Crippen LogP) is 1.20. The Labute approximate surface area is 152 Å². The van der Waals surface area contributed by atoms with Crippen molar-refractivity contribution in [3.05, 3.63) is 42.2 Å². The molecule has 3 saturated heterocycles. The zero-order chi connectivity index (χ0) is 17.9. The molecule has 6 nitrogen and oxygen atoms in total. The van der Waals surface area contributed by atoms with Crippen molar-refractivity contribution in [2.75, 3.05) is 26.7 Å². The maximum Gasteiger partial charge on any atom is 0.229 e. The molecule has 0 aliphatic carbocycles. The van der Waals surface area contributed by atoms with Gasteiger partial charge in [0.2, 0.25) is 11.8 Å². The number of carbonyl (C=O) groups excluding carboxylic acids is 2. The first-order chi connectivity index (χ1) is 12.6. The lowest BCUT2D eigenvalue weighted by Gasteiger charge is -2.35. The number of hydrogen-bond acceptors (Lipinski definition) is 4. The molecule has 3 fully saturated rings. The van der Waals surface area contributed by atoms with E-state index in [1.54, 1.807) is 11.9 Å². The Balaban J connectivity index is 1.31. The number of rotatable bonds is 2. The van der Waals surface area contributed by atoms with Crippen molar-refractivity contribution in [2.24, 2.45) is 11.8 Å². The van der Waals surface area contributed by atoms with Gasteiger partial charge < -0.3 is 14.5 Å². The van der Waals surface area contributed by atoms with Gasteiger partial charge in [-0.2, -0.15) is 0 Å². The van der Waals surface area contributed by atoms with Gasteiger partial charge >= 0.3 is 0 Å². The normalized spacial score (nSPS) is 36.0. The quantitative estimate of drug-likeness (QED) is 0.750. The second-order valence-electron chi connectivity index (χ2n) is 7.97. The van der Waals surface area contributed by atoms with Gasteiger partial charge in [0.15, 0.2) is 0 Å². The monoisotopic (exact) mass is 353 g/mol. The molecular weight excluding hydrogens is 330 g/mol. The molecule has 136 valence electrons. The number of piperidine rings is 1. The highest BCUT2D eigenvalue weighted by Crippen LogP contribution is 2.52. The Bertz CT molecular complexity index is 772. The summed E-state index contributed by atoms with van der Waals surface area (Å²) in [4.78, 5) is 33.6. The van der Waals surface area contributed by atoms with E-state index in [1.165, 1.54) is 5.56 Å². The van der Waals surface area contributed by atoms with Gasteiger partial charge in [-0.1, -0.05) is 12.2 Å². The van der Waals surface area contributed by atoms with Crippen LogP contribution >= 0.6 is 0 Å². The lowest BCUT2D eigenvalue weighted by molar-refractivity contribution is -0.143. The van der Waals surface area contributed by atoms with E-state index in [-0.39, 0.29) is 29.8 Å². The van der Waals surface area contributed by atoms with Gasteiger partial charge in [0.05, 0.1) is 24.5 Å². The van der Waals surface area contributed by atoms with Crippen molar-refractivity contribution in [1.82, 2.24) is 14.8 Å². The lowest BCUT2D eigenvalue weighted by atomic mass is 9.76. The second-order valence-corrected chi connectivity index (χ2v) is 7.97. The number of likely N-dealkylation sites (tertiary alicyclic amines) is 2. The van der Waals surface area contributed by atoms with Crippen molar-refractivity contribution in [3.8, 4) is 0 Å². The second kappa shape index (κ2) is 5.64. The predicted molar refractivity (Wildman–Crippen MR) is 94.2 cm³/mol. The number of pyridine rings is 1. The van der Waals surface area contributed by atoms with Crippen LogP contribution in [0.25, 0.3) is 0 Å². The Morgan fingerprint density at radius 1 is 1.27 bits per heavy atom. The van der Waals surface area contributed by atoms with Crippen LogP contribution in [0, 0.1) is 11.8 Å². The summed E-state index contributed by atoms with van der Waals surface area (Å²) in [7, 11) is 1.79. The van der Waals surface area contributed by atoms with Crippen LogP contribution in [0.4, 0.5) is 0 Å². The number of aromatic nitrogens is 1. The standard InChI is InChI=1S/C20H23N3O3/c1-22-12-20-7-2-15(26-20)16(17(20)19(22)25)18(24)23-10-5-14(6-11-23)13-3-8-21-9-4-13/h2-4,7-9,14-17H,5-6,10-12H2,1H3/t15-,16-,17+,20-/m0/s1. The third-order valence-electron chi connectivity index (χ3n) is 6.56. The SMILES string of the molecule is CN1C[C@]23C=C[C@H](O2)[C@H](C(=O)N2CCC(c4ccncc4)CC2)[C@@H]3C1=O. The summed E-state index contributed by atoms with van der Waals surface area (Å²) in [5, 5.41) is 0. The van der Waals surface area contributed by atoms with Gasteiger partial charge in [0, 0.05) is 32.5 Å². The molecular formula is C20H23N3O3. The lowest BCUT2D eigenvalue weighted by Crippen LogP contribution is -2.48. The number of hydrogen-bond donors (Lipinski definition) is 0. The van der Waals surface area contributed by atoms with Crippen molar-refractivity contribution in [3.63, 3.8) is 0 Å². The molecule has 0 radical (unpaired) electrons. The Morgan fingerprint density at radius 3 is 2.73 bits per heavy atom. The Kier molecular flexibility index (Phi) is 3.47. The van der Waals surface area contributed by atoms with Crippen LogP contribution in [0.5, 0.6) is 0 Å². The highest BCUT2D eigenvalue weighted by molar-refractivity contribution is 5.92. The number of likely N-dealkylation sites (N-methyl/N-ethyl adjacent to an activating group) is 1. The van der Waals surface area contributed by atoms with E-state index in [0.717, 1.165) is 25.9 Å². The Hall–Kier alpha value is -2.21. The summed E-state index contributed by atoms with van der Waals surface area (Å²) >= 11 is 0. The summed E-state index contributed by atoms with van der Waals surface area (Å²) in [5.41, 5.74) is 0.719. The van der Waals surface area contributed by atoms with Crippen LogP contribution in [0.15, 0.2) is 36.7 Å². The summed E-state index contributed by atoms with van der Waals surface area (Å²) in [5.74, 6) is -0.114. The average Bonchev–Trinajstić information content (AvgIpc) is 3.30. The van der Waals surface area contributed by atoms with Crippen molar-refractivity contribution in [1.29, 1.82) is 0 Å². The number of amides is 2. The third kappa shape index (κ3) is 2.18. The van der Waals surface area contributed by atoms with Gasteiger partial charge in [-0.3, -0.25) is 14.6 Å². The van der Waals surface area contributed by atoms with Gasteiger partial charge in [0.1, 0.15) is 5.60 Å². The fourth-order valence-corrected chi connectivity index (χ4v) is 5.25. The van der Waals surface area contributed by atoms with Crippen molar-refractivity contribution >= 4 is 11.8 Å². The van der Waals surface area contributed by atoms with E-state index in [9.17, 15) is 9.59 Å². The zero-order valence-electron chi connectivity index (χ0n) is 14.9. The highest BCUT2D eigenvalue weighted by Gasteiger charge is 2.66. The minimum Gasteiger partial charge on any atom is -0.360 e. The summed E-state index contributed by atoms with van der Waals surface area (Å²) < 4.78 is 6.11. The van der Waals surface area contributed by atoms with Crippen molar-refractivity contribution in [2.45, 2.75) is 30.5 Å². The van der Waals surface area contributed by atoms with Crippen LogP contribution in [-0.4, -0.2) is 65.0 Å². The molecule has 2 amide bonds. The third-order valence-corrected chi connectivity index (χ3v) is 6.56. The van der Waals surface area contributed by atoms with Crippen LogP contribution in [0.3, 0.4) is 0 Å². The first-order valence-corrected chi connectivity index (χ1v) is 9.40. The molecule has 4 atom stereocenters. The van der Waals surface area contributed by atoms with Gasteiger partial charge in [-0.25, -0.2) is 0 Å². The maximum atomic E-state index is 13.3. The van der Waals surface area contributed by atoms with Gasteiger partial charge in [-0.15, -0.1) is 0 Å². The molecule has 4 aliphatic rings. The summed E-state index contributed by atoms with van der Waals surface area (Å²) in [6, 6.07) is 4.13. The molecule has 1 spiro atoms. The van der Waals surface area contributed by atoms with Gasteiger partial charge in [0.25, 0.3) is 0 Å². The molecule has 1 aromatic rings. The highest BCUT2D eigenvalue weighted by atomic mass is 16.5. The minimum absolute atomic E-state index is 0.0434. The first-order valence-electron chi connectivity index (χ1n) is 9.40. The summed E-state index contributed by atoms with van der Waals surface area (Å²) in [6.45, 7) is 2.03. The topological polar surface area (TPSA) is 62.7 Å². The van der Waals surface area contributed by atoms with Crippen molar-refractivity contribution < 1.29 is 14.3 Å². The average molecular weight is 353 g/mol. The number of ether oxygens (including phenoxy) is 1. The maximum absolute atomic E-state index is 13.3. The fourth-order valence-electron chi connectivity index (χ4n) is 5.25. The molecule has 6 heteroatoms. The molecule has 0 aromatic carbocycles. The zero-order valence-corrected chi connectivity index (χ0v) is 14.9. The van der Waals surface area contributed by atoms with Crippen LogP contribution < -0.4 is 0 Å². The van der Waals surface area contributed by atoms with E-state index in [2.05, 4.69) is 17.1 Å². The Morgan fingerprint density at radius 2 is 2.00 bits per heavy atom. The number of nitrogens with zero attached hydrogens (tertiary/aromatic N) is 3. The van der Waals surface area contributed by atoms with Gasteiger partial charge in [-0.05, 0) is 36.5 Å². The van der Waals surface area contributed by atoms with Crippen LogP contribution in [0.2, 0.25) is 0 Å². The molecule has 1 aromatic heterocycles. The molecule has 0 saturated carbocycles. The largest absolute Gasteiger partial charge is 0.360 e. The smallest absolute Gasteiger partial charge is 0.229 e. The first kappa shape index (κ1) is 16.0. The van der Waals surface area contributed by atoms with E-state index in [4.69, 9.17) is 4.74 Å². The fraction of sp³-hybridized carbons (Fsp3) is 0.550. The number of fused-ring (bicyclic) bond motifs is 1. The van der Waals surface area contributed by atoms with E-state index < -0.39 is 5.60 Å². The van der Waals surface area contributed by atoms with E-state index >= 15 is 0 Å². The van der Waals surface area contributed by atoms with E-state index in [0.29, 0.717) is 12.5 Å². The molecule has 0 unspecified atom stereocenters. The molecule has 2 bridgehead atoms. The molecule has 4 aliphatic heterocycles. The molecule has 5 rings (SSSR count). The molecule has 5 heterocycles. The minimum atomic E-state index is -0.577. The van der Waals surface area contributed by atoms with Crippen LogP contribution in [0.1, 0.15) is 24.3 Å². The molecule has 26 heavy (non-hydrogen) atoms. The summed E-state index contributed by atoms with van der Waals surface area (Å²) in [6.07, 6.45) is 9.29. The van der Waals surface area contributed by atoms with E-state index in [1.807, 2.05) is 29.4 Å². The van der Waals surface area contributed by atoms with Crippen LogP contribution in [-0.2, 0) is 14.3 Å². The number of carbonyl (C=O) groups is 2.